The molecule has 0 aliphatic carbocycles. The summed E-state index contributed by atoms with van der Waals surface area (Å²) in [7, 11) is -8.86. The third kappa shape index (κ3) is 12.5. The van der Waals surface area contributed by atoms with Crippen LogP contribution in [0.5, 0.6) is 0 Å². The van der Waals surface area contributed by atoms with Gasteiger partial charge in [0, 0.05) is 19.8 Å². The second kappa shape index (κ2) is 10.9. The summed E-state index contributed by atoms with van der Waals surface area (Å²) >= 11 is 0. The molecule has 0 saturated carbocycles. The average Bonchev–Trinajstić information content (AvgIpc) is 3.25. The molecule has 0 amide bonds. The SMILES string of the molecule is CO[Si](CCCOCC1CO1)(O[SiH](C)O[Si](C)(C)O[Si](C)(C)C)O[Si](C)(C)C. The summed E-state index contributed by atoms with van der Waals surface area (Å²) in [4.78, 5) is 0. The molecule has 3 unspecified atom stereocenters. The maximum absolute atomic E-state index is 6.49. The van der Waals surface area contributed by atoms with Crippen molar-refractivity contribution in [1.82, 2.24) is 0 Å². The van der Waals surface area contributed by atoms with Crippen molar-refractivity contribution in [2.75, 3.05) is 26.9 Å². The Morgan fingerprint density at radius 1 is 0.929 bits per heavy atom. The number of epoxide rings is 1. The van der Waals surface area contributed by atoms with E-state index < -0.39 is 43.3 Å². The molecule has 168 valence electrons. The molecule has 0 aromatic rings. The monoisotopic (exact) mass is 486 g/mol. The van der Waals surface area contributed by atoms with Gasteiger partial charge in [0.05, 0.1) is 13.2 Å². The Morgan fingerprint density at radius 3 is 1.96 bits per heavy atom. The molecular weight excluding hydrogens is 445 g/mol. The van der Waals surface area contributed by atoms with Crippen molar-refractivity contribution in [3.05, 3.63) is 0 Å². The fraction of sp³-hybridized carbons (Fsp3) is 1.00. The Balaban J connectivity index is 2.67. The average molecular weight is 487 g/mol. The quantitative estimate of drug-likeness (QED) is 0.199. The smallest absolute Gasteiger partial charge is 0.437 e. The van der Waals surface area contributed by atoms with Crippen LogP contribution >= 0.6 is 0 Å². The molecule has 1 saturated heterocycles. The highest BCUT2D eigenvalue weighted by Gasteiger charge is 2.46. The van der Waals surface area contributed by atoms with Crippen LogP contribution in [0.2, 0.25) is 65.0 Å². The van der Waals surface area contributed by atoms with Crippen LogP contribution in [0.15, 0.2) is 0 Å². The first-order chi connectivity index (χ1) is 12.7. The van der Waals surface area contributed by atoms with Crippen molar-refractivity contribution in [3.63, 3.8) is 0 Å². The molecule has 0 aromatic carbocycles. The van der Waals surface area contributed by atoms with Crippen molar-refractivity contribution in [2.24, 2.45) is 0 Å². The second-order valence-electron chi connectivity index (χ2n) is 9.65. The van der Waals surface area contributed by atoms with Gasteiger partial charge in [-0.2, -0.15) is 0 Å². The fourth-order valence-electron chi connectivity index (χ4n) is 3.00. The Labute approximate surface area is 178 Å². The molecule has 3 atom stereocenters. The Hall–Kier alpha value is 0.804. The van der Waals surface area contributed by atoms with Gasteiger partial charge in [-0.1, -0.05) is 0 Å². The van der Waals surface area contributed by atoms with Crippen LogP contribution in [0.25, 0.3) is 0 Å². The van der Waals surface area contributed by atoms with Gasteiger partial charge in [0.25, 0.3) is 0 Å². The molecule has 12 heteroatoms. The van der Waals surface area contributed by atoms with E-state index in [1.807, 2.05) is 0 Å². The van der Waals surface area contributed by atoms with E-state index in [1.165, 1.54) is 0 Å². The van der Waals surface area contributed by atoms with Crippen LogP contribution in [0, 0.1) is 0 Å². The van der Waals surface area contributed by atoms with Gasteiger partial charge < -0.3 is 30.4 Å². The summed E-state index contributed by atoms with van der Waals surface area (Å²) in [6.45, 7) is 21.5. The van der Waals surface area contributed by atoms with Crippen LogP contribution in [0.1, 0.15) is 6.42 Å². The minimum atomic E-state index is -2.82. The van der Waals surface area contributed by atoms with Crippen LogP contribution in [0.4, 0.5) is 0 Å². The van der Waals surface area contributed by atoms with Crippen molar-refractivity contribution in [1.29, 1.82) is 0 Å². The van der Waals surface area contributed by atoms with Crippen LogP contribution < -0.4 is 0 Å². The maximum Gasteiger partial charge on any atom is 0.481 e. The topological polar surface area (TPSA) is 67.9 Å². The Bertz CT molecular complexity index is 465. The summed E-state index contributed by atoms with van der Waals surface area (Å²) in [5.41, 5.74) is 0. The first kappa shape index (κ1) is 26.8. The standard InChI is InChI=1S/C16H42O7Si5/c1-17-28(23-26(6,7)8,13-11-12-18-14-16-15-19-16)21-24(2)20-27(9,10)22-25(3,4)5/h16,24H,11-15H2,1-10H3. The minimum Gasteiger partial charge on any atom is -0.437 e. The third-order valence-electron chi connectivity index (χ3n) is 3.60. The third-order valence-corrected chi connectivity index (χ3v) is 19.7. The van der Waals surface area contributed by atoms with Crippen molar-refractivity contribution < 1.29 is 30.4 Å². The summed E-state index contributed by atoms with van der Waals surface area (Å²) < 4.78 is 42.4. The highest BCUT2D eigenvalue weighted by Crippen LogP contribution is 2.25. The Kier molecular flexibility index (Phi) is 10.5. The van der Waals surface area contributed by atoms with E-state index in [9.17, 15) is 0 Å². The predicted octanol–water partition coefficient (Wildman–Crippen LogP) is 3.67. The van der Waals surface area contributed by atoms with E-state index in [1.54, 1.807) is 7.11 Å². The number of ether oxygens (including phenoxy) is 2. The van der Waals surface area contributed by atoms with Crippen molar-refractivity contribution in [3.8, 4) is 0 Å². The van der Waals surface area contributed by atoms with Gasteiger partial charge in [0.2, 0.25) is 0 Å². The summed E-state index contributed by atoms with van der Waals surface area (Å²) in [6.07, 6.45) is 1.13. The normalized spacial score (nSPS) is 21.4. The van der Waals surface area contributed by atoms with Crippen molar-refractivity contribution >= 4 is 43.3 Å². The van der Waals surface area contributed by atoms with Crippen LogP contribution in [-0.2, 0) is 30.4 Å². The zero-order valence-electron chi connectivity index (χ0n) is 19.5. The van der Waals surface area contributed by atoms with Gasteiger partial charge in [-0.3, -0.25) is 0 Å². The van der Waals surface area contributed by atoms with Gasteiger partial charge >= 0.3 is 26.6 Å². The first-order valence-electron chi connectivity index (χ1n) is 10.2. The lowest BCUT2D eigenvalue weighted by Crippen LogP contribution is -2.56. The molecular formula is C16H42O7Si5. The van der Waals surface area contributed by atoms with E-state index in [0.717, 1.165) is 19.1 Å². The number of hydrogen-bond donors (Lipinski definition) is 0. The number of hydrogen-bond acceptors (Lipinski definition) is 7. The summed E-state index contributed by atoms with van der Waals surface area (Å²) in [5, 5.41) is 0. The molecule has 0 aromatic heterocycles. The predicted molar refractivity (Wildman–Crippen MR) is 124 cm³/mol. The van der Waals surface area contributed by atoms with E-state index in [-0.39, 0.29) is 0 Å². The van der Waals surface area contributed by atoms with Crippen LogP contribution in [0.3, 0.4) is 0 Å². The van der Waals surface area contributed by atoms with Gasteiger partial charge in [0.1, 0.15) is 6.10 Å². The minimum absolute atomic E-state index is 0.290. The first-order valence-corrected chi connectivity index (χ1v) is 23.8. The van der Waals surface area contributed by atoms with Crippen molar-refractivity contribution in [2.45, 2.75) is 77.5 Å². The molecule has 1 heterocycles. The maximum atomic E-state index is 6.49. The molecule has 7 nitrogen and oxygen atoms in total. The largest absolute Gasteiger partial charge is 0.481 e. The molecule has 0 radical (unpaired) electrons. The Morgan fingerprint density at radius 2 is 1.50 bits per heavy atom. The lowest BCUT2D eigenvalue weighted by molar-refractivity contribution is 0.112. The molecule has 1 aliphatic heterocycles. The highest BCUT2D eigenvalue weighted by molar-refractivity contribution is 6.85. The molecule has 1 fully saturated rings. The van der Waals surface area contributed by atoms with Gasteiger partial charge in [-0.25, -0.2) is 0 Å². The van der Waals surface area contributed by atoms with E-state index in [0.29, 0.717) is 19.3 Å². The lowest BCUT2D eigenvalue weighted by atomic mass is 10.5. The fourth-order valence-corrected chi connectivity index (χ4v) is 22.1. The van der Waals surface area contributed by atoms with Gasteiger partial charge in [0.15, 0.2) is 16.6 Å². The number of rotatable bonds is 15. The van der Waals surface area contributed by atoms with Crippen LogP contribution in [-0.4, -0.2) is 76.3 Å². The van der Waals surface area contributed by atoms with Gasteiger partial charge in [-0.05, 0) is 65.3 Å². The molecule has 0 N–H and O–H groups in total. The van der Waals surface area contributed by atoms with E-state index in [4.69, 9.17) is 30.4 Å². The highest BCUT2D eigenvalue weighted by atomic mass is 28.5. The lowest BCUT2D eigenvalue weighted by Gasteiger charge is -2.38. The van der Waals surface area contributed by atoms with E-state index >= 15 is 0 Å². The molecule has 28 heavy (non-hydrogen) atoms. The summed E-state index contributed by atoms with van der Waals surface area (Å²) in [6, 6.07) is 0.733. The molecule has 1 aliphatic rings. The zero-order valence-corrected chi connectivity index (χ0v) is 24.7. The molecule has 0 spiro atoms. The zero-order chi connectivity index (χ0) is 21.6. The molecule has 1 rings (SSSR count). The molecule has 0 bridgehead atoms. The van der Waals surface area contributed by atoms with Gasteiger partial charge in [-0.15, -0.1) is 0 Å². The van der Waals surface area contributed by atoms with E-state index in [2.05, 4.69) is 58.9 Å². The second-order valence-corrected chi connectivity index (χ2v) is 27.8. The summed E-state index contributed by atoms with van der Waals surface area (Å²) in [5.74, 6) is 0.